The number of hydrogen-bond acceptors (Lipinski definition) is 7. The number of anilines is 2. The minimum atomic E-state index is -0.263. The number of ether oxygens (including phenoxy) is 1. The van der Waals surface area contributed by atoms with Gasteiger partial charge in [-0.15, -0.1) is 0 Å². The molecule has 0 aliphatic heterocycles. The van der Waals surface area contributed by atoms with Crippen molar-refractivity contribution in [3.63, 3.8) is 0 Å². The Balaban J connectivity index is 1.63. The molecule has 28 heavy (non-hydrogen) atoms. The third kappa shape index (κ3) is 4.91. The fourth-order valence-electron chi connectivity index (χ4n) is 2.45. The van der Waals surface area contributed by atoms with Gasteiger partial charge in [0.15, 0.2) is 0 Å². The normalized spacial score (nSPS) is 10.4. The molecule has 9 heteroatoms. The van der Waals surface area contributed by atoms with Crippen LogP contribution in [-0.4, -0.2) is 34.0 Å². The van der Waals surface area contributed by atoms with Crippen LogP contribution in [0.4, 0.5) is 11.4 Å². The van der Waals surface area contributed by atoms with Crippen LogP contribution in [0.3, 0.4) is 0 Å². The summed E-state index contributed by atoms with van der Waals surface area (Å²) in [5.41, 5.74) is 1.66. The number of hydrogen-bond donors (Lipinski definition) is 2. The number of nitrogens with zero attached hydrogens (tertiary/aromatic N) is 3. The number of carbonyl (C=O) groups is 2. The monoisotopic (exact) mass is 381 g/mol. The molecular weight excluding hydrogens is 362 g/mol. The fraction of sp³-hybridized carbons (Fsp3) is 0.211. The second kappa shape index (κ2) is 8.76. The number of carbonyl (C=O) groups excluding carboxylic acids is 2. The first-order valence-corrected chi connectivity index (χ1v) is 8.53. The predicted molar refractivity (Wildman–Crippen MR) is 102 cm³/mol. The van der Waals surface area contributed by atoms with Crippen LogP contribution in [0, 0.1) is 0 Å². The maximum atomic E-state index is 12.3. The highest BCUT2D eigenvalue weighted by Crippen LogP contribution is 2.27. The van der Waals surface area contributed by atoms with Crippen molar-refractivity contribution in [1.29, 1.82) is 0 Å². The zero-order valence-electron chi connectivity index (χ0n) is 15.4. The summed E-state index contributed by atoms with van der Waals surface area (Å²) in [7, 11) is 1.52. The lowest BCUT2D eigenvalue weighted by Gasteiger charge is -2.12. The van der Waals surface area contributed by atoms with Crippen molar-refractivity contribution in [2.24, 2.45) is 0 Å². The Bertz CT molecular complexity index is 971. The molecule has 3 rings (SSSR count). The van der Waals surface area contributed by atoms with Crippen molar-refractivity contribution < 1.29 is 18.8 Å². The Labute approximate surface area is 161 Å². The van der Waals surface area contributed by atoms with Gasteiger partial charge in [0.25, 0.3) is 0 Å². The van der Waals surface area contributed by atoms with E-state index < -0.39 is 0 Å². The zero-order chi connectivity index (χ0) is 19.9. The van der Waals surface area contributed by atoms with Crippen LogP contribution >= 0.6 is 0 Å². The molecule has 0 saturated heterocycles. The van der Waals surface area contributed by atoms with Crippen LogP contribution in [0.1, 0.15) is 19.2 Å². The van der Waals surface area contributed by atoms with E-state index in [1.54, 1.807) is 36.7 Å². The van der Waals surface area contributed by atoms with E-state index >= 15 is 0 Å². The topological polar surface area (TPSA) is 119 Å². The number of aryl methyl sites for hydroxylation is 1. The van der Waals surface area contributed by atoms with Crippen LogP contribution in [0.25, 0.3) is 11.4 Å². The third-order valence-electron chi connectivity index (χ3n) is 3.77. The Morgan fingerprint density at radius 3 is 2.75 bits per heavy atom. The van der Waals surface area contributed by atoms with Crippen LogP contribution in [-0.2, 0) is 16.0 Å². The van der Waals surface area contributed by atoms with E-state index in [2.05, 4.69) is 25.8 Å². The standard InChI is InChI=1S/C19H19N5O4/c1-12(25)21-15-6-5-14(27-2)10-16(15)22-17(26)7-8-18-23-19(24-28-18)13-4-3-9-20-11-13/h3-6,9-11H,7-8H2,1-2H3,(H,21,25)(H,22,26). The maximum Gasteiger partial charge on any atom is 0.227 e. The molecule has 3 aromatic rings. The van der Waals surface area contributed by atoms with E-state index in [1.807, 2.05) is 6.07 Å². The van der Waals surface area contributed by atoms with Gasteiger partial charge in [-0.1, -0.05) is 5.16 Å². The summed E-state index contributed by atoms with van der Waals surface area (Å²) in [5, 5.41) is 9.33. The summed E-state index contributed by atoms with van der Waals surface area (Å²) in [4.78, 5) is 32.0. The Hall–Kier alpha value is -3.75. The highest BCUT2D eigenvalue weighted by Gasteiger charge is 2.13. The molecule has 0 aliphatic carbocycles. The van der Waals surface area contributed by atoms with E-state index in [0.29, 0.717) is 28.8 Å². The first-order valence-electron chi connectivity index (χ1n) is 8.53. The third-order valence-corrected chi connectivity index (χ3v) is 3.77. The molecule has 0 saturated carbocycles. The number of aromatic nitrogens is 3. The number of pyridine rings is 1. The average Bonchev–Trinajstić information content (AvgIpc) is 3.17. The van der Waals surface area contributed by atoms with Crippen LogP contribution in [0.5, 0.6) is 5.75 Å². The lowest BCUT2D eigenvalue weighted by Crippen LogP contribution is -2.15. The van der Waals surface area contributed by atoms with Crippen molar-refractivity contribution in [3.05, 3.63) is 48.6 Å². The molecule has 1 aromatic carbocycles. The molecule has 0 fully saturated rings. The SMILES string of the molecule is COc1ccc(NC(C)=O)c(NC(=O)CCc2nc(-c3cccnc3)no2)c1. The van der Waals surface area contributed by atoms with Gasteiger partial charge in [0.05, 0.1) is 18.5 Å². The van der Waals surface area contributed by atoms with Gasteiger partial charge in [-0.3, -0.25) is 14.6 Å². The van der Waals surface area contributed by atoms with Crippen molar-refractivity contribution >= 4 is 23.2 Å². The Morgan fingerprint density at radius 1 is 1.18 bits per heavy atom. The summed E-state index contributed by atoms with van der Waals surface area (Å²) in [5.74, 6) is 0.823. The number of nitrogens with one attached hydrogen (secondary N) is 2. The smallest absolute Gasteiger partial charge is 0.227 e. The van der Waals surface area contributed by atoms with Crippen molar-refractivity contribution in [1.82, 2.24) is 15.1 Å². The summed E-state index contributed by atoms with van der Waals surface area (Å²) in [6.07, 6.45) is 3.69. The molecule has 0 atom stereocenters. The molecule has 0 spiro atoms. The van der Waals surface area contributed by atoms with Crippen molar-refractivity contribution in [2.45, 2.75) is 19.8 Å². The summed E-state index contributed by atoms with van der Waals surface area (Å²) in [6.45, 7) is 1.39. The molecule has 144 valence electrons. The van der Waals surface area contributed by atoms with E-state index in [4.69, 9.17) is 9.26 Å². The van der Waals surface area contributed by atoms with Crippen LogP contribution < -0.4 is 15.4 Å². The van der Waals surface area contributed by atoms with Crippen molar-refractivity contribution in [2.75, 3.05) is 17.7 Å². The first kappa shape index (κ1) is 19.0. The number of methoxy groups -OCH3 is 1. The zero-order valence-corrected chi connectivity index (χ0v) is 15.4. The van der Waals surface area contributed by atoms with Gasteiger partial charge >= 0.3 is 0 Å². The molecule has 2 heterocycles. The van der Waals surface area contributed by atoms with E-state index in [-0.39, 0.29) is 24.7 Å². The van der Waals surface area contributed by atoms with Crippen molar-refractivity contribution in [3.8, 4) is 17.1 Å². The van der Waals surface area contributed by atoms with Gasteiger partial charge in [0.2, 0.25) is 23.5 Å². The number of amides is 2. The lowest BCUT2D eigenvalue weighted by atomic mass is 10.2. The van der Waals surface area contributed by atoms with Crippen LogP contribution in [0.2, 0.25) is 0 Å². The Kier molecular flexibility index (Phi) is 5.95. The average molecular weight is 381 g/mol. The summed E-state index contributed by atoms with van der Waals surface area (Å²) < 4.78 is 10.4. The van der Waals surface area contributed by atoms with Gasteiger partial charge in [-0.25, -0.2) is 0 Å². The second-order valence-electron chi connectivity index (χ2n) is 5.89. The summed E-state index contributed by atoms with van der Waals surface area (Å²) >= 11 is 0. The lowest BCUT2D eigenvalue weighted by molar-refractivity contribution is -0.116. The Morgan fingerprint density at radius 2 is 2.04 bits per heavy atom. The van der Waals surface area contributed by atoms with E-state index in [9.17, 15) is 9.59 Å². The van der Waals surface area contributed by atoms with E-state index in [1.165, 1.54) is 14.0 Å². The maximum absolute atomic E-state index is 12.3. The molecule has 0 bridgehead atoms. The molecular formula is C19H19N5O4. The van der Waals surface area contributed by atoms with Gasteiger partial charge in [-0.05, 0) is 24.3 Å². The van der Waals surface area contributed by atoms with Crippen LogP contribution in [0.15, 0.2) is 47.2 Å². The minimum absolute atomic E-state index is 0.130. The minimum Gasteiger partial charge on any atom is -0.497 e. The molecule has 2 aromatic heterocycles. The number of benzene rings is 1. The second-order valence-corrected chi connectivity index (χ2v) is 5.89. The van der Waals surface area contributed by atoms with Gasteiger partial charge in [0, 0.05) is 43.8 Å². The highest BCUT2D eigenvalue weighted by atomic mass is 16.5. The molecule has 2 N–H and O–H groups in total. The van der Waals surface area contributed by atoms with E-state index in [0.717, 1.165) is 5.56 Å². The molecule has 0 aliphatic rings. The van der Waals surface area contributed by atoms with Gasteiger partial charge in [-0.2, -0.15) is 4.98 Å². The molecule has 2 amide bonds. The molecule has 0 unspecified atom stereocenters. The van der Waals surface area contributed by atoms with Gasteiger partial charge < -0.3 is 19.9 Å². The quantitative estimate of drug-likeness (QED) is 0.646. The summed E-state index contributed by atoms with van der Waals surface area (Å²) in [6, 6.07) is 8.59. The molecule has 0 radical (unpaired) electrons. The highest BCUT2D eigenvalue weighted by molar-refractivity contribution is 5.99. The number of rotatable bonds is 7. The van der Waals surface area contributed by atoms with Gasteiger partial charge in [0.1, 0.15) is 5.75 Å². The fourth-order valence-corrected chi connectivity index (χ4v) is 2.45. The predicted octanol–water partition coefficient (Wildman–Crippen LogP) is 2.67. The molecule has 9 nitrogen and oxygen atoms in total. The largest absolute Gasteiger partial charge is 0.497 e. The first-order chi connectivity index (χ1) is 13.5.